The third kappa shape index (κ3) is 5.23. The smallest absolute Gasteiger partial charge is 0.265 e. The summed E-state index contributed by atoms with van der Waals surface area (Å²) in [7, 11) is 0. The molecule has 0 aliphatic carbocycles. The highest BCUT2D eigenvalue weighted by atomic mass is 32.1. The number of ether oxygens (including phenoxy) is 1. The molecule has 0 saturated carbocycles. The highest BCUT2D eigenvalue weighted by Crippen LogP contribution is 2.25. The first-order chi connectivity index (χ1) is 17.1. The fraction of sp³-hybridized carbons (Fsp3) is 0.200. The Morgan fingerprint density at radius 1 is 0.914 bits per heavy atom. The number of carbonyl (C=O) groups excluding carboxylic acids is 2. The molecule has 1 saturated heterocycles. The van der Waals surface area contributed by atoms with Crippen LogP contribution in [-0.4, -0.2) is 52.9 Å². The van der Waals surface area contributed by atoms with Crippen LogP contribution in [-0.2, 0) is 4.74 Å². The number of morpholine rings is 1. The lowest BCUT2D eigenvalue weighted by molar-refractivity contribution is 0.102. The highest BCUT2D eigenvalue weighted by Gasteiger charge is 2.16. The molecule has 2 aromatic heterocycles. The maximum absolute atomic E-state index is 12.8. The topological polar surface area (TPSA) is 101 Å². The lowest BCUT2D eigenvalue weighted by atomic mass is 10.1. The molecule has 178 valence electrons. The van der Waals surface area contributed by atoms with E-state index in [2.05, 4.69) is 31.7 Å². The number of hydrogen-bond acceptors (Lipinski definition) is 7. The van der Waals surface area contributed by atoms with Gasteiger partial charge in [0, 0.05) is 30.2 Å². The zero-order chi connectivity index (χ0) is 24.2. The third-order valence-electron chi connectivity index (χ3n) is 5.70. The molecule has 3 heterocycles. The number of nitrogens with one attached hydrogen (secondary N) is 2. The summed E-state index contributed by atoms with van der Waals surface area (Å²) in [6, 6.07) is 16.6. The minimum atomic E-state index is -0.270. The fourth-order valence-electron chi connectivity index (χ4n) is 3.80. The average Bonchev–Trinajstić information content (AvgIpc) is 3.59. The number of thiophene rings is 1. The quantitative estimate of drug-likeness (QED) is 0.426. The van der Waals surface area contributed by atoms with Gasteiger partial charge in [-0.25, -0.2) is 9.67 Å². The molecule has 1 aliphatic rings. The van der Waals surface area contributed by atoms with Gasteiger partial charge < -0.3 is 20.3 Å². The van der Waals surface area contributed by atoms with E-state index >= 15 is 0 Å². The fourth-order valence-corrected chi connectivity index (χ4v) is 4.60. The Morgan fingerprint density at radius 3 is 2.26 bits per heavy atom. The van der Waals surface area contributed by atoms with Crippen LogP contribution in [0.1, 0.15) is 24.9 Å². The molecule has 9 nitrogen and oxygen atoms in total. The summed E-state index contributed by atoms with van der Waals surface area (Å²) in [6.07, 6.45) is 3.06. The van der Waals surface area contributed by atoms with E-state index in [9.17, 15) is 9.59 Å². The number of benzene rings is 2. The summed E-state index contributed by atoms with van der Waals surface area (Å²) >= 11 is 1.15. The maximum Gasteiger partial charge on any atom is 0.265 e. The molecule has 2 amide bonds. The van der Waals surface area contributed by atoms with Crippen molar-refractivity contribution in [2.45, 2.75) is 6.92 Å². The Balaban J connectivity index is 1.21. The zero-order valence-corrected chi connectivity index (χ0v) is 19.9. The lowest BCUT2D eigenvalue weighted by Gasteiger charge is -2.29. The Bertz CT molecular complexity index is 1330. The molecule has 2 aromatic carbocycles. The van der Waals surface area contributed by atoms with Gasteiger partial charge in [-0.3, -0.25) is 9.59 Å². The summed E-state index contributed by atoms with van der Waals surface area (Å²) in [5, 5.41) is 9.90. The zero-order valence-electron chi connectivity index (χ0n) is 19.1. The van der Waals surface area contributed by atoms with Gasteiger partial charge in [0.2, 0.25) is 0 Å². The van der Waals surface area contributed by atoms with Crippen LogP contribution in [0.2, 0.25) is 0 Å². The van der Waals surface area contributed by atoms with Crippen molar-refractivity contribution in [3.8, 4) is 5.69 Å². The van der Waals surface area contributed by atoms with Crippen LogP contribution in [0, 0.1) is 6.92 Å². The molecular weight excluding hydrogens is 464 g/mol. The minimum absolute atomic E-state index is 0.242. The van der Waals surface area contributed by atoms with Crippen molar-refractivity contribution in [2.75, 3.05) is 41.8 Å². The number of carbonyl (C=O) groups is 2. The first kappa shape index (κ1) is 22.8. The van der Waals surface area contributed by atoms with Crippen LogP contribution < -0.4 is 15.5 Å². The number of hydrogen-bond donors (Lipinski definition) is 2. The molecule has 0 atom stereocenters. The molecule has 5 rings (SSSR count). The predicted molar refractivity (Wildman–Crippen MR) is 136 cm³/mol. The minimum Gasteiger partial charge on any atom is -0.378 e. The van der Waals surface area contributed by atoms with Gasteiger partial charge in [0.1, 0.15) is 12.7 Å². The van der Waals surface area contributed by atoms with Crippen LogP contribution in [0.5, 0.6) is 0 Å². The van der Waals surface area contributed by atoms with E-state index in [1.165, 1.54) is 6.33 Å². The molecule has 1 aliphatic heterocycles. The van der Waals surface area contributed by atoms with E-state index in [0.29, 0.717) is 15.4 Å². The Labute approximate surface area is 206 Å². The Morgan fingerprint density at radius 2 is 1.60 bits per heavy atom. The first-order valence-corrected chi connectivity index (χ1v) is 12.0. The standard InChI is InChI=1S/C25H24N6O3S/c1-17-14-20(30-10-12-34-13-11-30)6-7-21(17)29-25(33)23-9-8-22(35-23)24(32)28-18-2-4-19(5-3-18)31-16-26-15-27-31/h2-9,14-16H,10-13H2,1H3,(H,28,32)(H,29,33). The van der Waals surface area contributed by atoms with Crippen molar-refractivity contribution in [3.63, 3.8) is 0 Å². The normalized spacial score (nSPS) is 13.5. The molecule has 1 fully saturated rings. The molecular formula is C25H24N6O3S. The van der Waals surface area contributed by atoms with Crippen LogP contribution in [0.25, 0.3) is 5.69 Å². The van der Waals surface area contributed by atoms with Crippen LogP contribution >= 0.6 is 11.3 Å². The van der Waals surface area contributed by atoms with Crippen molar-refractivity contribution in [3.05, 3.63) is 82.6 Å². The molecule has 0 bridgehead atoms. The van der Waals surface area contributed by atoms with E-state index in [1.54, 1.807) is 35.3 Å². The maximum atomic E-state index is 12.8. The summed E-state index contributed by atoms with van der Waals surface area (Å²) in [4.78, 5) is 32.6. The predicted octanol–water partition coefficient (Wildman–Crippen LogP) is 3.98. The van der Waals surface area contributed by atoms with Gasteiger partial charge >= 0.3 is 0 Å². The van der Waals surface area contributed by atoms with Crippen LogP contribution in [0.3, 0.4) is 0 Å². The van der Waals surface area contributed by atoms with E-state index in [-0.39, 0.29) is 11.8 Å². The number of aryl methyl sites for hydroxylation is 1. The number of rotatable bonds is 6. The van der Waals surface area contributed by atoms with E-state index in [0.717, 1.165) is 60.3 Å². The molecule has 0 unspecified atom stereocenters. The van der Waals surface area contributed by atoms with Crippen molar-refractivity contribution < 1.29 is 14.3 Å². The van der Waals surface area contributed by atoms with Gasteiger partial charge in [-0.05, 0) is 67.1 Å². The number of anilines is 3. The van der Waals surface area contributed by atoms with E-state index in [1.807, 2.05) is 31.2 Å². The summed E-state index contributed by atoms with van der Waals surface area (Å²) in [5.41, 5.74) is 4.33. The molecule has 35 heavy (non-hydrogen) atoms. The van der Waals surface area contributed by atoms with E-state index < -0.39 is 0 Å². The second kappa shape index (κ2) is 10.1. The highest BCUT2D eigenvalue weighted by molar-refractivity contribution is 7.16. The lowest BCUT2D eigenvalue weighted by Crippen LogP contribution is -2.36. The molecule has 2 N–H and O–H groups in total. The summed E-state index contributed by atoms with van der Waals surface area (Å²) in [6.45, 7) is 5.13. The van der Waals surface area contributed by atoms with Crippen LogP contribution in [0.4, 0.5) is 17.1 Å². The second-order valence-corrected chi connectivity index (χ2v) is 9.14. The van der Waals surface area contributed by atoms with Crippen molar-refractivity contribution >= 4 is 40.2 Å². The number of amides is 2. The summed E-state index contributed by atoms with van der Waals surface area (Å²) < 4.78 is 7.05. The van der Waals surface area contributed by atoms with Crippen molar-refractivity contribution in [2.24, 2.45) is 0 Å². The van der Waals surface area contributed by atoms with Gasteiger partial charge in [0.05, 0.1) is 28.7 Å². The monoisotopic (exact) mass is 488 g/mol. The largest absolute Gasteiger partial charge is 0.378 e. The Hall–Kier alpha value is -4.02. The van der Waals surface area contributed by atoms with Crippen LogP contribution in [0.15, 0.2) is 67.3 Å². The molecule has 0 radical (unpaired) electrons. The van der Waals surface area contributed by atoms with Gasteiger partial charge in [-0.2, -0.15) is 5.10 Å². The van der Waals surface area contributed by atoms with Gasteiger partial charge in [-0.1, -0.05) is 0 Å². The van der Waals surface area contributed by atoms with E-state index in [4.69, 9.17) is 4.74 Å². The second-order valence-electron chi connectivity index (χ2n) is 8.06. The van der Waals surface area contributed by atoms with Crippen molar-refractivity contribution in [1.82, 2.24) is 14.8 Å². The first-order valence-electron chi connectivity index (χ1n) is 11.2. The van der Waals surface area contributed by atoms with Crippen molar-refractivity contribution in [1.29, 1.82) is 0 Å². The number of aromatic nitrogens is 3. The average molecular weight is 489 g/mol. The SMILES string of the molecule is Cc1cc(N2CCOCC2)ccc1NC(=O)c1ccc(C(=O)Nc2ccc(-n3cncn3)cc2)s1. The number of nitrogens with zero attached hydrogens (tertiary/aromatic N) is 4. The Kier molecular flexibility index (Phi) is 6.55. The van der Waals surface area contributed by atoms with Gasteiger partial charge in [0.25, 0.3) is 11.8 Å². The van der Waals surface area contributed by atoms with Gasteiger partial charge in [-0.15, -0.1) is 11.3 Å². The molecule has 4 aromatic rings. The molecule has 0 spiro atoms. The van der Waals surface area contributed by atoms with Gasteiger partial charge in [0.15, 0.2) is 0 Å². The molecule has 10 heteroatoms. The summed E-state index contributed by atoms with van der Waals surface area (Å²) in [5.74, 6) is -0.512. The third-order valence-corrected chi connectivity index (χ3v) is 6.78.